The van der Waals surface area contributed by atoms with Crippen LogP contribution in [0.15, 0.2) is 40.8 Å². The maximum Gasteiger partial charge on any atom is 0.228 e. The number of carbonyl (C=O) groups excluding carboxylic acids is 2. The summed E-state index contributed by atoms with van der Waals surface area (Å²) in [5, 5.41) is 9.22. The number of furan rings is 1. The van der Waals surface area contributed by atoms with Crippen LogP contribution < -0.4 is 0 Å². The number of benzene rings is 1. The lowest BCUT2D eigenvalue weighted by atomic mass is 10.1. The quantitative estimate of drug-likeness (QED) is 0.629. The highest BCUT2D eigenvalue weighted by Crippen LogP contribution is 2.16. The van der Waals surface area contributed by atoms with E-state index in [9.17, 15) is 14.7 Å². The van der Waals surface area contributed by atoms with E-state index in [1.807, 2.05) is 0 Å². The summed E-state index contributed by atoms with van der Waals surface area (Å²) in [6, 6.07) is 8.78. The molecule has 0 saturated carbocycles. The second kappa shape index (κ2) is 4.02. The van der Waals surface area contributed by atoms with Crippen molar-refractivity contribution in [2.75, 3.05) is 0 Å². The SMILES string of the molecule is O=Cc1ccc(C(=O)c2cccc(O)c2)o1. The van der Waals surface area contributed by atoms with Crippen LogP contribution in [-0.4, -0.2) is 17.2 Å². The second-order valence-electron chi connectivity index (χ2n) is 3.20. The molecule has 2 rings (SSSR count). The third kappa shape index (κ3) is 1.86. The first-order valence-corrected chi connectivity index (χ1v) is 4.59. The van der Waals surface area contributed by atoms with Crippen LogP contribution in [0.4, 0.5) is 0 Å². The molecule has 0 aliphatic heterocycles. The van der Waals surface area contributed by atoms with Crippen molar-refractivity contribution in [1.82, 2.24) is 0 Å². The first kappa shape index (κ1) is 10.2. The standard InChI is InChI=1S/C12H8O4/c13-7-10-4-5-11(16-10)12(15)8-2-1-3-9(14)6-8/h1-7,14H. The summed E-state index contributed by atoms with van der Waals surface area (Å²) in [4.78, 5) is 22.2. The highest BCUT2D eigenvalue weighted by molar-refractivity contribution is 6.07. The van der Waals surface area contributed by atoms with Gasteiger partial charge in [-0.05, 0) is 24.3 Å². The van der Waals surface area contributed by atoms with E-state index in [0.717, 1.165) is 0 Å². The number of rotatable bonds is 3. The van der Waals surface area contributed by atoms with Crippen molar-refractivity contribution in [3.05, 3.63) is 53.5 Å². The normalized spacial score (nSPS) is 10.0. The molecule has 4 nitrogen and oxygen atoms in total. The summed E-state index contributed by atoms with van der Waals surface area (Å²) in [6.45, 7) is 0. The van der Waals surface area contributed by atoms with Crippen molar-refractivity contribution >= 4 is 12.1 Å². The summed E-state index contributed by atoms with van der Waals surface area (Å²) >= 11 is 0. The molecule has 0 bridgehead atoms. The van der Waals surface area contributed by atoms with Gasteiger partial charge in [-0.25, -0.2) is 0 Å². The number of phenolic OH excluding ortho intramolecular Hbond substituents is 1. The molecule has 0 spiro atoms. The Hall–Kier alpha value is -2.36. The van der Waals surface area contributed by atoms with Gasteiger partial charge in [0, 0.05) is 5.56 Å². The van der Waals surface area contributed by atoms with Crippen molar-refractivity contribution in [1.29, 1.82) is 0 Å². The Bertz CT molecular complexity index is 539. The molecule has 2 aromatic rings. The Morgan fingerprint density at radius 1 is 1.25 bits per heavy atom. The Kier molecular flexibility index (Phi) is 2.55. The molecule has 16 heavy (non-hydrogen) atoms. The molecular formula is C12H8O4. The molecule has 80 valence electrons. The van der Waals surface area contributed by atoms with Gasteiger partial charge in [0.05, 0.1) is 0 Å². The third-order valence-corrected chi connectivity index (χ3v) is 2.08. The van der Waals surface area contributed by atoms with Gasteiger partial charge in [-0.3, -0.25) is 9.59 Å². The molecule has 1 aromatic heterocycles. The molecule has 4 heteroatoms. The first-order valence-electron chi connectivity index (χ1n) is 4.59. The fourth-order valence-corrected chi connectivity index (χ4v) is 1.33. The fourth-order valence-electron chi connectivity index (χ4n) is 1.33. The van der Waals surface area contributed by atoms with E-state index in [-0.39, 0.29) is 23.1 Å². The lowest BCUT2D eigenvalue weighted by molar-refractivity contribution is 0.100. The lowest BCUT2D eigenvalue weighted by Gasteiger charge is -1.97. The highest BCUT2D eigenvalue weighted by atomic mass is 16.4. The molecule has 0 aliphatic rings. The summed E-state index contributed by atoms with van der Waals surface area (Å²) in [6.07, 6.45) is 0.527. The Labute approximate surface area is 91.1 Å². The topological polar surface area (TPSA) is 67.5 Å². The monoisotopic (exact) mass is 216 g/mol. The van der Waals surface area contributed by atoms with E-state index in [1.165, 1.54) is 24.3 Å². The van der Waals surface area contributed by atoms with Crippen molar-refractivity contribution in [2.45, 2.75) is 0 Å². The predicted octanol–water partition coefficient (Wildman–Crippen LogP) is 2.03. The van der Waals surface area contributed by atoms with Crippen molar-refractivity contribution in [2.24, 2.45) is 0 Å². The molecule has 0 fully saturated rings. The van der Waals surface area contributed by atoms with Gasteiger partial charge < -0.3 is 9.52 Å². The Morgan fingerprint density at radius 2 is 2.06 bits per heavy atom. The lowest BCUT2D eigenvalue weighted by Crippen LogP contribution is -1.98. The molecule has 1 aromatic carbocycles. The predicted molar refractivity (Wildman–Crippen MR) is 55.6 cm³/mol. The number of aldehydes is 1. The second-order valence-corrected chi connectivity index (χ2v) is 3.20. The molecule has 1 N–H and O–H groups in total. The minimum absolute atomic E-state index is 0.00742. The molecule has 1 heterocycles. The molecule has 0 unspecified atom stereocenters. The van der Waals surface area contributed by atoms with Gasteiger partial charge in [0.15, 0.2) is 17.8 Å². The van der Waals surface area contributed by atoms with Crippen LogP contribution in [0.2, 0.25) is 0 Å². The van der Waals surface area contributed by atoms with Gasteiger partial charge in [-0.2, -0.15) is 0 Å². The van der Waals surface area contributed by atoms with Crippen LogP contribution in [0.5, 0.6) is 5.75 Å². The summed E-state index contributed by atoms with van der Waals surface area (Å²) in [7, 11) is 0. The van der Waals surface area contributed by atoms with Crippen LogP contribution in [0.25, 0.3) is 0 Å². The highest BCUT2D eigenvalue weighted by Gasteiger charge is 2.13. The van der Waals surface area contributed by atoms with Crippen molar-refractivity contribution in [3.63, 3.8) is 0 Å². The van der Waals surface area contributed by atoms with Crippen molar-refractivity contribution < 1.29 is 19.1 Å². The molecular weight excluding hydrogens is 208 g/mol. The maximum absolute atomic E-state index is 11.8. The van der Waals surface area contributed by atoms with Crippen molar-refractivity contribution in [3.8, 4) is 5.75 Å². The van der Waals surface area contributed by atoms with E-state index in [0.29, 0.717) is 11.8 Å². The molecule has 0 atom stereocenters. The smallest absolute Gasteiger partial charge is 0.228 e. The van der Waals surface area contributed by atoms with E-state index in [1.54, 1.807) is 12.1 Å². The minimum atomic E-state index is -0.371. The molecule has 0 saturated heterocycles. The van der Waals surface area contributed by atoms with E-state index >= 15 is 0 Å². The number of aromatic hydroxyl groups is 1. The van der Waals surface area contributed by atoms with Gasteiger partial charge in [0.2, 0.25) is 5.78 Å². The number of ketones is 1. The zero-order valence-corrected chi connectivity index (χ0v) is 8.21. The average Bonchev–Trinajstić information content (AvgIpc) is 2.76. The van der Waals surface area contributed by atoms with Crippen LogP contribution in [0.3, 0.4) is 0 Å². The molecule has 0 aliphatic carbocycles. The first-order chi connectivity index (χ1) is 7.70. The van der Waals surface area contributed by atoms with Crippen LogP contribution >= 0.6 is 0 Å². The van der Waals surface area contributed by atoms with Gasteiger partial charge in [0.25, 0.3) is 0 Å². The van der Waals surface area contributed by atoms with Gasteiger partial charge >= 0.3 is 0 Å². The number of carbonyl (C=O) groups is 2. The fraction of sp³-hybridized carbons (Fsp3) is 0. The number of hydrogen-bond acceptors (Lipinski definition) is 4. The Morgan fingerprint density at radius 3 is 2.69 bits per heavy atom. The van der Waals surface area contributed by atoms with E-state index < -0.39 is 0 Å². The maximum atomic E-state index is 11.8. The number of hydrogen-bond donors (Lipinski definition) is 1. The molecule has 0 amide bonds. The summed E-state index contributed by atoms with van der Waals surface area (Å²) < 4.78 is 4.99. The third-order valence-electron chi connectivity index (χ3n) is 2.08. The Balaban J connectivity index is 2.35. The zero-order valence-electron chi connectivity index (χ0n) is 8.21. The van der Waals surface area contributed by atoms with Crippen LogP contribution in [0, 0.1) is 0 Å². The summed E-state index contributed by atoms with van der Waals surface area (Å²) in [5.74, 6) is -0.187. The minimum Gasteiger partial charge on any atom is -0.508 e. The number of phenols is 1. The average molecular weight is 216 g/mol. The summed E-state index contributed by atoms with van der Waals surface area (Å²) in [5.41, 5.74) is 0.312. The van der Waals surface area contributed by atoms with Gasteiger partial charge in [0.1, 0.15) is 5.75 Å². The zero-order chi connectivity index (χ0) is 11.5. The van der Waals surface area contributed by atoms with E-state index in [2.05, 4.69) is 0 Å². The van der Waals surface area contributed by atoms with Gasteiger partial charge in [-0.1, -0.05) is 12.1 Å². The molecule has 0 radical (unpaired) electrons. The van der Waals surface area contributed by atoms with Crippen LogP contribution in [-0.2, 0) is 0 Å². The van der Waals surface area contributed by atoms with Crippen LogP contribution in [0.1, 0.15) is 26.7 Å². The van der Waals surface area contributed by atoms with Gasteiger partial charge in [-0.15, -0.1) is 0 Å². The van der Waals surface area contributed by atoms with E-state index in [4.69, 9.17) is 4.42 Å². The largest absolute Gasteiger partial charge is 0.508 e.